The second-order valence-corrected chi connectivity index (χ2v) is 6.57. The van der Waals surface area contributed by atoms with Gasteiger partial charge in [-0.1, -0.05) is 54.4 Å². The molecule has 2 aromatic rings. The second-order valence-electron chi connectivity index (χ2n) is 6.57. The molecular formula is C21H24N2O2. The third-order valence-corrected chi connectivity index (χ3v) is 4.64. The fourth-order valence-electron chi connectivity index (χ4n) is 3.17. The molecule has 0 spiro atoms. The summed E-state index contributed by atoms with van der Waals surface area (Å²) in [6.07, 6.45) is 2.67. The molecule has 25 heavy (non-hydrogen) atoms. The molecule has 0 unspecified atom stereocenters. The third kappa shape index (κ3) is 4.34. The summed E-state index contributed by atoms with van der Waals surface area (Å²) in [7, 11) is 0. The molecule has 0 radical (unpaired) electrons. The van der Waals surface area contributed by atoms with Gasteiger partial charge in [-0.15, -0.1) is 0 Å². The molecule has 0 saturated carbocycles. The van der Waals surface area contributed by atoms with E-state index in [1.807, 2.05) is 37.3 Å². The highest BCUT2D eigenvalue weighted by Gasteiger charge is 2.29. The van der Waals surface area contributed by atoms with Crippen molar-refractivity contribution in [1.29, 1.82) is 0 Å². The van der Waals surface area contributed by atoms with Crippen LogP contribution in [0.4, 0.5) is 0 Å². The number of likely N-dealkylation sites (tertiary alicyclic amines) is 1. The Morgan fingerprint density at radius 2 is 1.52 bits per heavy atom. The Balaban J connectivity index is 1.81. The predicted octanol–water partition coefficient (Wildman–Crippen LogP) is 3.42. The van der Waals surface area contributed by atoms with E-state index in [4.69, 9.17) is 0 Å². The maximum Gasteiger partial charge on any atom is 0.252 e. The number of rotatable bonds is 5. The number of hydrogen-bond donors (Lipinski definition) is 1. The van der Waals surface area contributed by atoms with Crippen LogP contribution in [0.3, 0.4) is 0 Å². The highest BCUT2D eigenvalue weighted by Crippen LogP contribution is 2.15. The molecule has 1 fully saturated rings. The minimum absolute atomic E-state index is 0.0528. The zero-order chi connectivity index (χ0) is 17.6. The molecule has 2 aromatic carbocycles. The highest BCUT2D eigenvalue weighted by atomic mass is 16.2. The van der Waals surface area contributed by atoms with Crippen molar-refractivity contribution in [3.63, 3.8) is 0 Å². The highest BCUT2D eigenvalue weighted by molar-refractivity contribution is 6.04. The molecule has 3 rings (SSSR count). The monoisotopic (exact) mass is 336 g/mol. The number of nitrogens with one attached hydrogen (secondary N) is 1. The molecule has 1 aliphatic rings. The Morgan fingerprint density at radius 1 is 0.880 bits per heavy atom. The summed E-state index contributed by atoms with van der Waals surface area (Å²) < 4.78 is 0. The predicted molar refractivity (Wildman–Crippen MR) is 98.6 cm³/mol. The number of hydrogen-bond acceptors (Lipinski definition) is 3. The Hall–Kier alpha value is -2.46. The fraction of sp³-hybridized carbons (Fsp3) is 0.333. The zero-order valence-corrected chi connectivity index (χ0v) is 14.6. The Bertz CT molecular complexity index is 719. The van der Waals surface area contributed by atoms with Crippen molar-refractivity contribution in [3.05, 3.63) is 71.3 Å². The summed E-state index contributed by atoms with van der Waals surface area (Å²) in [4.78, 5) is 27.8. The first-order valence-corrected chi connectivity index (χ1v) is 8.86. The number of piperidine rings is 1. The molecule has 1 N–H and O–H groups in total. The lowest BCUT2D eigenvalue weighted by atomic mass is 10.0. The van der Waals surface area contributed by atoms with E-state index in [0.717, 1.165) is 31.5 Å². The van der Waals surface area contributed by atoms with Gasteiger partial charge in [0.1, 0.15) is 6.17 Å². The minimum Gasteiger partial charge on any atom is -0.329 e. The van der Waals surface area contributed by atoms with Gasteiger partial charge in [0.25, 0.3) is 5.91 Å². The van der Waals surface area contributed by atoms with Crippen molar-refractivity contribution in [2.75, 3.05) is 13.1 Å². The van der Waals surface area contributed by atoms with Crippen LogP contribution in [0, 0.1) is 6.92 Å². The van der Waals surface area contributed by atoms with Crippen molar-refractivity contribution in [2.45, 2.75) is 32.4 Å². The minimum atomic E-state index is -0.614. The van der Waals surface area contributed by atoms with E-state index in [2.05, 4.69) is 10.2 Å². The van der Waals surface area contributed by atoms with Gasteiger partial charge in [0, 0.05) is 24.2 Å². The number of benzene rings is 2. The van der Waals surface area contributed by atoms with Crippen LogP contribution in [-0.2, 0) is 0 Å². The normalized spacial score (nSPS) is 16.2. The van der Waals surface area contributed by atoms with Crippen LogP contribution in [0.25, 0.3) is 0 Å². The lowest BCUT2D eigenvalue weighted by Gasteiger charge is -2.34. The van der Waals surface area contributed by atoms with Crippen LogP contribution in [0.5, 0.6) is 0 Å². The largest absolute Gasteiger partial charge is 0.329 e. The van der Waals surface area contributed by atoms with Crippen LogP contribution >= 0.6 is 0 Å². The Labute approximate surface area is 148 Å². The lowest BCUT2D eigenvalue weighted by molar-refractivity contribution is 0.0652. The molecule has 1 aliphatic heterocycles. The molecule has 4 heteroatoms. The number of ketones is 1. The zero-order valence-electron chi connectivity index (χ0n) is 14.6. The van der Waals surface area contributed by atoms with Gasteiger partial charge in [-0.2, -0.15) is 0 Å². The molecule has 4 nitrogen and oxygen atoms in total. The summed E-state index contributed by atoms with van der Waals surface area (Å²) in [6, 6.07) is 16.6. The average molecular weight is 336 g/mol. The molecule has 130 valence electrons. The van der Waals surface area contributed by atoms with E-state index in [0.29, 0.717) is 11.1 Å². The van der Waals surface area contributed by atoms with Crippen molar-refractivity contribution in [1.82, 2.24) is 10.2 Å². The van der Waals surface area contributed by atoms with Gasteiger partial charge in [0.05, 0.1) is 0 Å². The summed E-state index contributed by atoms with van der Waals surface area (Å²) >= 11 is 0. The summed E-state index contributed by atoms with van der Waals surface area (Å²) in [5.41, 5.74) is 2.31. The van der Waals surface area contributed by atoms with Gasteiger partial charge >= 0.3 is 0 Å². The first-order chi connectivity index (χ1) is 12.1. The molecule has 0 aromatic heterocycles. The molecule has 0 aliphatic carbocycles. The van der Waals surface area contributed by atoms with Gasteiger partial charge in [0.15, 0.2) is 5.78 Å². The smallest absolute Gasteiger partial charge is 0.252 e. The van der Waals surface area contributed by atoms with E-state index in [1.165, 1.54) is 6.42 Å². The van der Waals surface area contributed by atoms with Crippen molar-refractivity contribution >= 4 is 11.7 Å². The molecule has 1 heterocycles. The van der Waals surface area contributed by atoms with E-state index in [9.17, 15) is 9.59 Å². The van der Waals surface area contributed by atoms with Crippen molar-refractivity contribution in [3.8, 4) is 0 Å². The quantitative estimate of drug-likeness (QED) is 0.851. The van der Waals surface area contributed by atoms with Crippen LogP contribution in [0.1, 0.15) is 45.5 Å². The van der Waals surface area contributed by atoms with Crippen LogP contribution in [0.15, 0.2) is 54.6 Å². The Morgan fingerprint density at radius 3 is 2.16 bits per heavy atom. The number of nitrogens with zero attached hydrogens (tertiary/aromatic N) is 1. The average Bonchev–Trinajstić information content (AvgIpc) is 2.67. The maximum atomic E-state index is 13.0. The van der Waals surface area contributed by atoms with Gasteiger partial charge in [0.2, 0.25) is 0 Å². The van der Waals surface area contributed by atoms with Crippen LogP contribution in [0.2, 0.25) is 0 Å². The molecule has 1 atom stereocenters. The van der Waals surface area contributed by atoms with E-state index in [-0.39, 0.29) is 11.7 Å². The maximum absolute atomic E-state index is 13.0. The Kier molecular flexibility index (Phi) is 5.61. The van der Waals surface area contributed by atoms with Gasteiger partial charge in [-0.05, 0) is 31.9 Å². The number of amides is 1. The van der Waals surface area contributed by atoms with Gasteiger partial charge in [-0.25, -0.2) is 0 Å². The van der Waals surface area contributed by atoms with E-state index in [1.54, 1.807) is 24.3 Å². The number of carbonyl (C=O) groups is 2. The molecule has 1 amide bonds. The SMILES string of the molecule is Cc1ccc(C(=O)N[C@H](C(=O)c2ccccc2)N2CCCCC2)cc1. The topological polar surface area (TPSA) is 49.4 Å². The first-order valence-electron chi connectivity index (χ1n) is 8.86. The van der Waals surface area contributed by atoms with Gasteiger partial charge in [-0.3, -0.25) is 14.5 Å². The standard InChI is InChI=1S/C21H24N2O2/c1-16-10-12-18(13-11-16)21(25)22-20(23-14-6-3-7-15-23)19(24)17-8-4-2-5-9-17/h2,4-5,8-13,20H,3,6-7,14-15H2,1H3,(H,22,25)/t20-/m0/s1. The third-order valence-electron chi connectivity index (χ3n) is 4.64. The molecular weight excluding hydrogens is 312 g/mol. The fourth-order valence-corrected chi connectivity index (χ4v) is 3.17. The molecule has 0 bridgehead atoms. The van der Waals surface area contributed by atoms with Gasteiger partial charge < -0.3 is 5.32 Å². The second kappa shape index (κ2) is 8.08. The van der Waals surface area contributed by atoms with E-state index < -0.39 is 6.17 Å². The van der Waals surface area contributed by atoms with E-state index >= 15 is 0 Å². The number of Topliss-reactive ketones (excluding diaryl/α,β-unsaturated/α-hetero) is 1. The summed E-state index contributed by atoms with van der Waals surface area (Å²) in [5, 5.41) is 2.96. The van der Waals surface area contributed by atoms with Crippen molar-refractivity contribution < 1.29 is 9.59 Å². The van der Waals surface area contributed by atoms with Crippen LogP contribution in [-0.4, -0.2) is 35.8 Å². The number of carbonyl (C=O) groups excluding carboxylic acids is 2. The summed E-state index contributed by atoms with van der Waals surface area (Å²) in [6.45, 7) is 3.64. The summed E-state index contributed by atoms with van der Waals surface area (Å²) in [5.74, 6) is -0.261. The first kappa shape index (κ1) is 17.4. The molecule has 1 saturated heterocycles. The lowest BCUT2D eigenvalue weighted by Crippen LogP contribution is -2.54. The number of aryl methyl sites for hydroxylation is 1. The van der Waals surface area contributed by atoms with Crippen LogP contribution < -0.4 is 5.32 Å². The van der Waals surface area contributed by atoms with Crippen molar-refractivity contribution in [2.24, 2.45) is 0 Å².